The lowest BCUT2D eigenvalue weighted by molar-refractivity contribution is 0.0945. The molecule has 1 amide bonds. The first-order chi connectivity index (χ1) is 16.9. The van der Waals surface area contributed by atoms with E-state index in [9.17, 15) is 19.1 Å². The number of carbonyl (C=O) groups is 1. The van der Waals surface area contributed by atoms with Crippen LogP contribution in [0.5, 0.6) is 5.75 Å². The van der Waals surface area contributed by atoms with E-state index in [-0.39, 0.29) is 24.3 Å². The van der Waals surface area contributed by atoms with Crippen molar-refractivity contribution in [1.82, 2.24) is 19.7 Å². The Morgan fingerprint density at radius 2 is 1.80 bits per heavy atom. The van der Waals surface area contributed by atoms with Crippen LogP contribution in [0, 0.1) is 5.82 Å². The van der Waals surface area contributed by atoms with E-state index in [1.807, 2.05) is 30.3 Å². The summed E-state index contributed by atoms with van der Waals surface area (Å²) in [5, 5.41) is 16.7. The van der Waals surface area contributed by atoms with E-state index in [4.69, 9.17) is 4.74 Å². The zero-order valence-corrected chi connectivity index (χ0v) is 19.1. The Hall–Kier alpha value is -4.24. The number of rotatable bonds is 9. The Balaban J connectivity index is 1.45. The van der Waals surface area contributed by atoms with Crippen molar-refractivity contribution in [2.45, 2.75) is 26.2 Å². The lowest BCUT2D eigenvalue weighted by atomic mass is 10.1. The lowest BCUT2D eigenvalue weighted by Gasteiger charge is -2.07. The van der Waals surface area contributed by atoms with Gasteiger partial charge in [-0.05, 0) is 23.3 Å². The van der Waals surface area contributed by atoms with Crippen molar-refractivity contribution >= 4 is 5.91 Å². The number of phenols is 1. The molecule has 0 bridgehead atoms. The molecule has 0 fully saturated rings. The molecule has 0 aliphatic heterocycles. The van der Waals surface area contributed by atoms with Crippen LogP contribution in [0.2, 0.25) is 0 Å². The molecular weight excluding hydrogens is 451 g/mol. The Morgan fingerprint density at radius 1 is 1.06 bits per heavy atom. The maximum absolute atomic E-state index is 14.0. The summed E-state index contributed by atoms with van der Waals surface area (Å²) in [6, 6.07) is 17.1. The van der Waals surface area contributed by atoms with Gasteiger partial charge in [0.2, 0.25) is 0 Å². The number of carbonyl (C=O) groups excluding carboxylic acids is 1. The molecule has 4 aromatic rings. The van der Waals surface area contributed by atoms with Gasteiger partial charge in [0.1, 0.15) is 5.69 Å². The van der Waals surface area contributed by atoms with Crippen LogP contribution in [0.25, 0.3) is 0 Å². The van der Waals surface area contributed by atoms with Crippen molar-refractivity contribution in [2.24, 2.45) is 0 Å². The predicted octanol–water partition coefficient (Wildman–Crippen LogP) is 3.06. The zero-order chi connectivity index (χ0) is 24.8. The molecule has 0 aliphatic rings. The number of nitrogens with one attached hydrogen (secondary N) is 1. The molecule has 9 heteroatoms. The molecule has 0 unspecified atom stereocenters. The van der Waals surface area contributed by atoms with Crippen molar-refractivity contribution < 1.29 is 19.0 Å². The molecule has 2 heterocycles. The van der Waals surface area contributed by atoms with Gasteiger partial charge < -0.3 is 19.7 Å². The molecule has 0 saturated heterocycles. The third kappa shape index (κ3) is 5.82. The minimum Gasteiger partial charge on any atom is -0.505 e. The van der Waals surface area contributed by atoms with Gasteiger partial charge in [-0.3, -0.25) is 14.3 Å². The quantitative estimate of drug-likeness (QED) is 0.387. The fraction of sp³-hybridized carbons (Fsp3) is 0.192. The number of aromatic nitrogens is 3. The Bertz CT molecular complexity index is 1380. The van der Waals surface area contributed by atoms with Crippen LogP contribution in [0.1, 0.15) is 32.7 Å². The number of hydrogen-bond acceptors (Lipinski definition) is 5. The molecule has 2 aromatic heterocycles. The average molecular weight is 477 g/mol. The van der Waals surface area contributed by atoms with Crippen LogP contribution < -0.4 is 10.9 Å². The fourth-order valence-electron chi connectivity index (χ4n) is 3.67. The molecule has 2 N–H and O–H groups in total. The Labute approximate surface area is 201 Å². The number of halogens is 1. The molecular formula is C26H25FN4O4. The van der Waals surface area contributed by atoms with Gasteiger partial charge in [-0.25, -0.2) is 4.39 Å². The summed E-state index contributed by atoms with van der Waals surface area (Å²) in [5.41, 5.74) is 2.86. The highest BCUT2D eigenvalue weighted by atomic mass is 19.1. The molecule has 4 rings (SSSR count). The topological polar surface area (TPSA) is 98.4 Å². The van der Waals surface area contributed by atoms with Gasteiger partial charge in [0.15, 0.2) is 11.6 Å². The van der Waals surface area contributed by atoms with Crippen molar-refractivity contribution in [3.8, 4) is 5.75 Å². The number of phenolic OH excluding ortho intramolecular Hbond substituents is 1. The summed E-state index contributed by atoms with van der Waals surface area (Å²) >= 11 is 0. The molecule has 0 saturated carbocycles. The largest absolute Gasteiger partial charge is 0.505 e. The highest BCUT2D eigenvalue weighted by Crippen LogP contribution is 2.19. The van der Waals surface area contributed by atoms with E-state index in [0.29, 0.717) is 24.3 Å². The summed E-state index contributed by atoms with van der Waals surface area (Å²) in [7, 11) is 1.51. The third-order valence-electron chi connectivity index (χ3n) is 5.48. The number of hydrogen-bond donors (Lipinski definition) is 2. The number of amides is 1. The summed E-state index contributed by atoms with van der Waals surface area (Å²) in [5.74, 6) is -1.65. The lowest BCUT2D eigenvalue weighted by Crippen LogP contribution is -2.24. The second kappa shape index (κ2) is 10.8. The smallest absolute Gasteiger partial charge is 0.255 e. The molecule has 180 valence electrons. The Morgan fingerprint density at radius 3 is 2.51 bits per heavy atom. The van der Waals surface area contributed by atoms with E-state index >= 15 is 0 Å². The predicted molar refractivity (Wildman–Crippen MR) is 128 cm³/mol. The highest BCUT2D eigenvalue weighted by molar-refractivity contribution is 5.95. The first kappa shape index (κ1) is 23.9. The zero-order valence-electron chi connectivity index (χ0n) is 19.1. The molecule has 0 spiro atoms. The van der Waals surface area contributed by atoms with Crippen molar-refractivity contribution in [1.29, 1.82) is 0 Å². The van der Waals surface area contributed by atoms with Crippen LogP contribution >= 0.6 is 0 Å². The first-order valence-corrected chi connectivity index (χ1v) is 11.0. The molecule has 2 aromatic carbocycles. The van der Waals surface area contributed by atoms with Gasteiger partial charge in [-0.1, -0.05) is 42.5 Å². The SMILES string of the molecule is COCc1nn(Cc2ccc(Cn3ccccc3=O)cc2)cc1C(=O)NCc1cccc(O)c1F. The molecule has 0 aliphatic carbocycles. The third-order valence-corrected chi connectivity index (χ3v) is 5.48. The maximum atomic E-state index is 14.0. The van der Waals surface area contributed by atoms with Gasteiger partial charge in [0.25, 0.3) is 11.5 Å². The normalized spacial score (nSPS) is 10.9. The van der Waals surface area contributed by atoms with E-state index in [1.165, 1.54) is 31.4 Å². The summed E-state index contributed by atoms with van der Waals surface area (Å²) < 4.78 is 22.5. The van der Waals surface area contributed by atoms with Crippen molar-refractivity contribution in [3.05, 3.63) is 117 Å². The highest BCUT2D eigenvalue weighted by Gasteiger charge is 2.17. The first-order valence-electron chi connectivity index (χ1n) is 11.0. The number of ether oxygens (including phenoxy) is 1. The molecule has 35 heavy (non-hydrogen) atoms. The number of pyridine rings is 1. The minimum absolute atomic E-state index is 0.0589. The second-order valence-corrected chi connectivity index (χ2v) is 8.04. The molecule has 0 atom stereocenters. The van der Waals surface area contributed by atoms with Crippen LogP contribution in [0.4, 0.5) is 4.39 Å². The number of nitrogens with zero attached hydrogens (tertiary/aromatic N) is 3. The summed E-state index contributed by atoms with van der Waals surface area (Å²) in [6.07, 6.45) is 3.37. The van der Waals surface area contributed by atoms with Gasteiger partial charge in [-0.2, -0.15) is 5.10 Å². The van der Waals surface area contributed by atoms with E-state index < -0.39 is 17.5 Å². The van der Waals surface area contributed by atoms with E-state index in [1.54, 1.807) is 27.7 Å². The van der Waals surface area contributed by atoms with E-state index in [2.05, 4.69) is 10.4 Å². The standard InChI is InChI=1S/C26H25FN4O4/c1-35-17-22-21(26(34)28-13-20-5-4-6-23(32)25(20)27)16-31(29-22)15-19-10-8-18(9-11-19)14-30-12-3-2-7-24(30)33/h2-12,16,32H,13-15,17H2,1H3,(H,28,34). The second-order valence-electron chi connectivity index (χ2n) is 8.04. The fourth-order valence-corrected chi connectivity index (χ4v) is 3.67. The summed E-state index contributed by atoms with van der Waals surface area (Å²) in [4.78, 5) is 24.7. The van der Waals surface area contributed by atoms with Gasteiger partial charge in [0.05, 0.1) is 25.3 Å². The van der Waals surface area contributed by atoms with Gasteiger partial charge >= 0.3 is 0 Å². The minimum atomic E-state index is -0.763. The van der Waals surface area contributed by atoms with Crippen molar-refractivity contribution in [3.63, 3.8) is 0 Å². The number of benzene rings is 2. The van der Waals surface area contributed by atoms with Crippen LogP contribution in [-0.4, -0.2) is 32.5 Å². The summed E-state index contributed by atoms with van der Waals surface area (Å²) in [6.45, 7) is 0.962. The van der Waals surface area contributed by atoms with E-state index in [0.717, 1.165) is 11.1 Å². The van der Waals surface area contributed by atoms with Gasteiger partial charge in [-0.15, -0.1) is 0 Å². The maximum Gasteiger partial charge on any atom is 0.255 e. The van der Waals surface area contributed by atoms with Crippen LogP contribution in [-0.2, 0) is 31.0 Å². The Kier molecular flexibility index (Phi) is 7.37. The van der Waals surface area contributed by atoms with Crippen LogP contribution in [0.15, 0.2) is 77.9 Å². The molecule has 0 radical (unpaired) electrons. The molecule has 8 nitrogen and oxygen atoms in total. The van der Waals surface area contributed by atoms with Crippen molar-refractivity contribution in [2.75, 3.05) is 7.11 Å². The monoisotopic (exact) mass is 476 g/mol. The van der Waals surface area contributed by atoms with Crippen LogP contribution in [0.3, 0.4) is 0 Å². The number of aromatic hydroxyl groups is 1. The average Bonchev–Trinajstić information content (AvgIpc) is 3.25. The number of methoxy groups -OCH3 is 1. The van der Waals surface area contributed by atoms with Gasteiger partial charge in [0, 0.05) is 37.7 Å².